The van der Waals surface area contributed by atoms with Crippen molar-refractivity contribution >= 4 is 16.4 Å². The molecule has 1 aliphatic rings. The third-order valence-corrected chi connectivity index (χ3v) is 13.0. The second-order valence-corrected chi connectivity index (χ2v) is 19.9. The molecule has 0 aliphatic carbocycles. The zero-order valence-corrected chi connectivity index (χ0v) is 43.3. The molecule has 394 valence electrons. The predicted octanol–water partition coefficient (Wildman–Crippen LogP) is 12.9. The molecule has 1 fully saturated rings. The van der Waals surface area contributed by atoms with Crippen LogP contribution in [0.25, 0.3) is 0 Å². The first-order chi connectivity index (χ1) is 32.6. The predicted molar refractivity (Wildman–Crippen MR) is 271 cm³/mol. The molecule has 6 atom stereocenters. The molecule has 1 saturated heterocycles. The normalized spacial score (nSPS) is 19.6. The molecule has 6 unspecified atom stereocenters. The summed E-state index contributed by atoms with van der Waals surface area (Å²) in [6.45, 7) is 3.99. The van der Waals surface area contributed by atoms with Gasteiger partial charge in [-0.1, -0.05) is 198 Å². The molecule has 1 heterocycles. The summed E-state index contributed by atoms with van der Waals surface area (Å²) in [5.74, 6) is -0.400. The van der Waals surface area contributed by atoms with Crippen molar-refractivity contribution < 1.29 is 56.2 Å². The van der Waals surface area contributed by atoms with E-state index in [1.165, 1.54) is 161 Å². The average molecular weight is 973 g/mol. The summed E-state index contributed by atoms with van der Waals surface area (Å²) in [4.78, 5) is 12.9. The zero-order valence-electron chi connectivity index (χ0n) is 42.5. The number of rotatable bonds is 48. The fraction of sp³-hybridized carbons (Fsp3) is 0.870. The van der Waals surface area contributed by atoms with Crippen LogP contribution in [-0.4, -0.2) is 97.5 Å². The highest BCUT2D eigenvalue weighted by atomic mass is 32.3. The first-order valence-corrected chi connectivity index (χ1v) is 28.6. The van der Waals surface area contributed by atoms with Gasteiger partial charge in [0.1, 0.15) is 30.5 Å². The molecular weight excluding hydrogens is 873 g/mol. The molecule has 0 bridgehead atoms. The number of carbonyl (C=O) groups excluding carboxylic acids is 1. The van der Waals surface area contributed by atoms with Crippen molar-refractivity contribution in [3.8, 4) is 0 Å². The summed E-state index contributed by atoms with van der Waals surface area (Å²) < 4.78 is 59.3. The van der Waals surface area contributed by atoms with Crippen molar-refractivity contribution in [1.29, 1.82) is 0 Å². The standard InChI is InChI=1S/C54H100O12S/c1-3-5-7-9-11-13-15-17-19-20-21-22-23-24-25-26-27-28-29-31-33-35-37-39-41-43-50(56)64-48(47-63-54-52(58)53(66-67(59,60)61)51(57)49(45-55)65-54)46-62-44-42-40-38-36-34-32-30-18-16-14-12-10-8-6-4-2/h15-18,20-21,48-49,51-55,57-58H,3-14,19,22-47H2,1-2H3,(H,59,60,61)/b17-15-,18-16-,21-20-. The number of unbranched alkanes of at least 4 members (excludes halogenated alkanes) is 29. The van der Waals surface area contributed by atoms with Gasteiger partial charge >= 0.3 is 16.4 Å². The van der Waals surface area contributed by atoms with Crippen LogP contribution in [0.2, 0.25) is 0 Å². The van der Waals surface area contributed by atoms with E-state index in [-0.39, 0.29) is 19.6 Å². The van der Waals surface area contributed by atoms with Gasteiger partial charge < -0.3 is 34.3 Å². The van der Waals surface area contributed by atoms with Gasteiger partial charge in [-0.05, 0) is 70.6 Å². The van der Waals surface area contributed by atoms with Crippen LogP contribution >= 0.6 is 0 Å². The van der Waals surface area contributed by atoms with E-state index in [1.807, 2.05) is 0 Å². The minimum atomic E-state index is -5.07. The molecule has 0 spiro atoms. The minimum absolute atomic E-state index is 0.0335. The Labute approximate surface area is 409 Å². The maximum absolute atomic E-state index is 12.9. The van der Waals surface area contributed by atoms with Gasteiger partial charge in [-0.3, -0.25) is 9.35 Å². The quantitative estimate of drug-likeness (QED) is 0.0197. The Morgan fingerprint density at radius 3 is 1.43 bits per heavy atom. The first-order valence-electron chi connectivity index (χ1n) is 27.2. The monoisotopic (exact) mass is 973 g/mol. The minimum Gasteiger partial charge on any atom is -0.457 e. The third kappa shape index (κ3) is 38.7. The molecule has 0 aromatic heterocycles. The fourth-order valence-electron chi connectivity index (χ4n) is 8.35. The van der Waals surface area contributed by atoms with Crippen LogP contribution in [0.15, 0.2) is 36.5 Å². The fourth-order valence-corrected chi connectivity index (χ4v) is 8.85. The number of ether oxygens (including phenoxy) is 4. The summed E-state index contributed by atoms with van der Waals surface area (Å²) in [5.41, 5.74) is 0. The largest absolute Gasteiger partial charge is 0.457 e. The summed E-state index contributed by atoms with van der Waals surface area (Å²) in [5, 5.41) is 30.8. The lowest BCUT2D eigenvalue weighted by Crippen LogP contribution is -2.60. The number of hydrogen-bond acceptors (Lipinski definition) is 11. The lowest BCUT2D eigenvalue weighted by molar-refractivity contribution is -0.301. The molecule has 0 saturated carbocycles. The second-order valence-electron chi connectivity index (χ2n) is 18.8. The molecule has 0 amide bonds. The van der Waals surface area contributed by atoms with E-state index < -0.39 is 59.8 Å². The molecule has 0 aromatic rings. The number of esters is 1. The highest BCUT2D eigenvalue weighted by Crippen LogP contribution is 2.26. The Bertz CT molecular complexity index is 1310. The molecule has 1 rings (SSSR count). The lowest BCUT2D eigenvalue weighted by atomic mass is 9.99. The maximum Gasteiger partial charge on any atom is 0.397 e. The highest BCUT2D eigenvalue weighted by molar-refractivity contribution is 7.80. The van der Waals surface area contributed by atoms with Crippen LogP contribution in [0.4, 0.5) is 0 Å². The number of aliphatic hydroxyl groups is 3. The van der Waals surface area contributed by atoms with Crippen molar-refractivity contribution in [2.45, 2.75) is 275 Å². The molecule has 12 nitrogen and oxygen atoms in total. The van der Waals surface area contributed by atoms with E-state index in [4.69, 9.17) is 18.9 Å². The Hall–Kier alpha value is -1.68. The number of carbonyl (C=O) groups is 1. The third-order valence-electron chi connectivity index (χ3n) is 12.5. The lowest BCUT2D eigenvalue weighted by Gasteiger charge is -2.41. The van der Waals surface area contributed by atoms with Crippen LogP contribution in [0, 0.1) is 0 Å². The number of aliphatic hydroxyl groups excluding tert-OH is 3. The Morgan fingerprint density at radius 2 is 0.985 bits per heavy atom. The van der Waals surface area contributed by atoms with E-state index in [2.05, 4.69) is 54.5 Å². The van der Waals surface area contributed by atoms with Gasteiger partial charge in [-0.25, -0.2) is 4.18 Å². The van der Waals surface area contributed by atoms with E-state index in [0.717, 1.165) is 51.4 Å². The van der Waals surface area contributed by atoms with Gasteiger partial charge in [0.15, 0.2) is 6.29 Å². The molecule has 0 aromatic carbocycles. The van der Waals surface area contributed by atoms with Crippen LogP contribution in [0.3, 0.4) is 0 Å². The van der Waals surface area contributed by atoms with Gasteiger partial charge in [0.2, 0.25) is 0 Å². The Morgan fingerprint density at radius 1 is 0.567 bits per heavy atom. The number of allylic oxidation sites excluding steroid dienone is 6. The summed E-state index contributed by atoms with van der Waals surface area (Å²) in [7, 11) is -5.07. The van der Waals surface area contributed by atoms with Crippen molar-refractivity contribution in [2.75, 3.05) is 26.4 Å². The van der Waals surface area contributed by atoms with Crippen molar-refractivity contribution in [1.82, 2.24) is 0 Å². The van der Waals surface area contributed by atoms with Crippen LogP contribution in [0.1, 0.15) is 239 Å². The van der Waals surface area contributed by atoms with E-state index in [1.54, 1.807) is 0 Å². The van der Waals surface area contributed by atoms with Gasteiger partial charge in [0.25, 0.3) is 0 Å². The summed E-state index contributed by atoms with van der Waals surface area (Å²) in [6.07, 6.45) is 46.1. The van der Waals surface area contributed by atoms with E-state index in [9.17, 15) is 33.1 Å². The molecule has 0 radical (unpaired) electrons. The molecule has 67 heavy (non-hydrogen) atoms. The molecule has 13 heteroatoms. The van der Waals surface area contributed by atoms with Crippen molar-refractivity contribution in [2.24, 2.45) is 0 Å². The van der Waals surface area contributed by atoms with Gasteiger partial charge in [0.05, 0.1) is 19.8 Å². The zero-order chi connectivity index (χ0) is 48.9. The summed E-state index contributed by atoms with van der Waals surface area (Å²) >= 11 is 0. The topological polar surface area (TPSA) is 178 Å². The highest BCUT2D eigenvalue weighted by Gasteiger charge is 2.48. The van der Waals surface area contributed by atoms with Crippen molar-refractivity contribution in [3.05, 3.63) is 36.5 Å². The SMILES string of the molecule is CCCCCCC/C=C\C/C=C\CCCCCCCCCCCCCCCC(=O)OC(COCCCCCCCC/C=C\CCCCCCC)COC1OC(CO)C(O)C(OS(=O)(=O)O)C1O. The van der Waals surface area contributed by atoms with Gasteiger partial charge in [-0.15, -0.1) is 0 Å². The van der Waals surface area contributed by atoms with Crippen molar-refractivity contribution in [3.63, 3.8) is 0 Å². The molecular formula is C54H100O12S. The summed E-state index contributed by atoms with van der Waals surface area (Å²) in [6, 6.07) is 0. The first kappa shape index (κ1) is 63.3. The maximum atomic E-state index is 12.9. The van der Waals surface area contributed by atoms with Crippen LogP contribution in [0.5, 0.6) is 0 Å². The second kappa shape index (κ2) is 45.5. The van der Waals surface area contributed by atoms with Crippen LogP contribution in [-0.2, 0) is 38.3 Å². The van der Waals surface area contributed by atoms with Gasteiger partial charge in [-0.2, -0.15) is 8.42 Å². The smallest absolute Gasteiger partial charge is 0.397 e. The Kier molecular flexibility index (Phi) is 43.0. The number of hydrogen-bond donors (Lipinski definition) is 4. The van der Waals surface area contributed by atoms with Crippen LogP contribution < -0.4 is 0 Å². The average Bonchev–Trinajstić information content (AvgIpc) is 3.30. The molecule has 1 aliphatic heterocycles. The molecule has 4 N–H and O–H groups in total. The van der Waals surface area contributed by atoms with E-state index in [0.29, 0.717) is 13.0 Å². The van der Waals surface area contributed by atoms with E-state index >= 15 is 0 Å². The van der Waals surface area contributed by atoms with Gasteiger partial charge in [0, 0.05) is 13.0 Å². The Balaban J connectivity index is 2.30.